The van der Waals surface area contributed by atoms with Crippen molar-refractivity contribution in [2.45, 2.75) is 36.1 Å². The third kappa shape index (κ3) is 2.70. The van der Waals surface area contributed by atoms with Gasteiger partial charge in [0.15, 0.2) is 0 Å². The van der Waals surface area contributed by atoms with Crippen LogP contribution in [0, 0.1) is 0 Å². The van der Waals surface area contributed by atoms with Gasteiger partial charge in [-0.3, -0.25) is 4.79 Å². The zero-order valence-electron chi connectivity index (χ0n) is 11.2. The minimum absolute atomic E-state index is 0.325. The summed E-state index contributed by atoms with van der Waals surface area (Å²) in [5.41, 5.74) is 6.29. The van der Waals surface area contributed by atoms with E-state index in [0.717, 1.165) is 24.4 Å². The second-order valence-corrected chi connectivity index (χ2v) is 6.24. The second kappa shape index (κ2) is 5.28. The fourth-order valence-corrected chi connectivity index (χ4v) is 2.64. The summed E-state index contributed by atoms with van der Waals surface area (Å²) < 4.78 is 1.88. The molecule has 0 bridgehead atoms. The van der Waals surface area contributed by atoms with Gasteiger partial charge in [-0.2, -0.15) is 0 Å². The lowest BCUT2D eigenvalue weighted by atomic mass is 10.3. The number of carbonyl (C=O) groups is 1. The summed E-state index contributed by atoms with van der Waals surface area (Å²) in [6, 6.07) is 9.94. The van der Waals surface area contributed by atoms with Crippen LogP contribution in [0.25, 0.3) is 5.69 Å². The van der Waals surface area contributed by atoms with E-state index >= 15 is 0 Å². The molecular formula is C14H16N4OS. The molecule has 1 aliphatic carbocycles. The van der Waals surface area contributed by atoms with Gasteiger partial charge in [-0.15, -0.1) is 5.10 Å². The minimum Gasteiger partial charge on any atom is -0.369 e. The third-order valence-electron chi connectivity index (χ3n) is 3.24. The fourth-order valence-electron chi connectivity index (χ4n) is 1.94. The molecule has 0 aliphatic heterocycles. The molecule has 1 aromatic heterocycles. The summed E-state index contributed by atoms with van der Waals surface area (Å²) in [5.74, 6) is 1.12. The van der Waals surface area contributed by atoms with E-state index in [9.17, 15) is 4.79 Å². The Labute approximate surface area is 121 Å². The van der Waals surface area contributed by atoms with E-state index in [1.54, 1.807) is 6.92 Å². The van der Waals surface area contributed by atoms with E-state index in [1.165, 1.54) is 11.8 Å². The smallest absolute Gasteiger partial charge is 0.230 e. The van der Waals surface area contributed by atoms with Gasteiger partial charge in [0.05, 0.1) is 10.9 Å². The summed E-state index contributed by atoms with van der Waals surface area (Å²) in [7, 11) is 0. The van der Waals surface area contributed by atoms with E-state index in [1.807, 2.05) is 35.0 Å². The van der Waals surface area contributed by atoms with Crippen LogP contribution in [-0.4, -0.2) is 25.9 Å². The van der Waals surface area contributed by atoms with Gasteiger partial charge < -0.3 is 5.73 Å². The highest BCUT2D eigenvalue weighted by atomic mass is 32.2. The number of nitrogens with zero attached hydrogens (tertiary/aromatic N) is 3. The number of thioether (sulfide) groups is 1. The first-order valence-corrected chi connectivity index (χ1v) is 7.51. The molecule has 0 saturated heterocycles. The number of aromatic nitrogens is 3. The minimum atomic E-state index is -0.348. The van der Waals surface area contributed by atoms with Crippen LogP contribution in [0.1, 0.15) is 31.5 Å². The molecule has 0 unspecified atom stereocenters. The van der Waals surface area contributed by atoms with E-state index < -0.39 is 0 Å². The number of nitrogens with two attached hydrogens (primary N) is 1. The summed E-state index contributed by atoms with van der Waals surface area (Å²) in [6.07, 6.45) is 2.31. The molecule has 5 nitrogen and oxygen atoms in total. The predicted molar refractivity (Wildman–Crippen MR) is 77.8 cm³/mol. The Morgan fingerprint density at radius 1 is 1.40 bits per heavy atom. The van der Waals surface area contributed by atoms with Crippen LogP contribution in [0.3, 0.4) is 0 Å². The van der Waals surface area contributed by atoms with Gasteiger partial charge >= 0.3 is 0 Å². The number of para-hydroxylation sites is 1. The van der Waals surface area contributed by atoms with Gasteiger partial charge in [-0.05, 0) is 31.9 Å². The van der Waals surface area contributed by atoms with Crippen LogP contribution in [0.15, 0.2) is 35.5 Å². The van der Waals surface area contributed by atoms with Crippen LogP contribution >= 0.6 is 11.8 Å². The molecule has 3 rings (SSSR count). The normalized spacial score (nSPS) is 16.1. The molecular weight excluding hydrogens is 272 g/mol. The van der Waals surface area contributed by atoms with Crippen LogP contribution in [0.4, 0.5) is 0 Å². The van der Waals surface area contributed by atoms with Crippen molar-refractivity contribution in [3.05, 3.63) is 36.2 Å². The fraction of sp³-hybridized carbons (Fsp3) is 0.357. The lowest BCUT2D eigenvalue weighted by Gasteiger charge is -2.03. The summed E-state index contributed by atoms with van der Waals surface area (Å²) >= 11 is 1.31. The largest absolute Gasteiger partial charge is 0.369 e. The third-order valence-corrected chi connectivity index (χ3v) is 4.21. The van der Waals surface area contributed by atoms with Crippen molar-refractivity contribution in [3.63, 3.8) is 0 Å². The summed E-state index contributed by atoms with van der Waals surface area (Å²) in [6.45, 7) is 1.77. The van der Waals surface area contributed by atoms with Gasteiger partial charge in [0.1, 0.15) is 5.82 Å². The monoisotopic (exact) mass is 288 g/mol. The molecule has 20 heavy (non-hydrogen) atoms. The molecule has 1 fully saturated rings. The second-order valence-electron chi connectivity index (χ2n) is 4.94. The van der Waals surface area contributed by atoms with Gasteiger partial charge in [0.25, 0.3) is 0 Å². The van der Waals surface area contributed by atoms with Gasteiger partial charge in [-0.25, -0.2) is 9.67 Å². The number of amides is 1. The Morgan fingerprint density at radius 3 is 2.70 bits per heavy atom. The molecule has 0 spiro atoms. The van der Waals surface area contributed by atoms with E-state index in [-0.39, 0.29) is 11.2 Å². The molecule has 1 saturated carbocycles. The first-order chi connectivity index (χ1) is 9.65. The van der Waals surface area contributed by atoms with Crippen molar-refractivity contribution in [1.82, 2.24) is 14.8 Å². The molecule has 2 N–H and O–H groups in total. The van der Waals surface area contributed by atoms with E-state index in [0.29, 0.717) is 11.1 Å². The Kier molecular flexibility index (Phi) is 3.48. The maximum Gasteiger partial charge on any atom is 0.230 e. The number of hydrogen-bond donors (Lipinski definition) is 1. The number of carbonyl (C=O) groups excluding carboxylic acids is 1. The topological polar surface area (TPSA) is 73.8 Å². The van der Waals surface area contributed by atoms with Crippen LogP contribution in [0.2, 0.25) is 0 Å². The highest BCUT2D eigenvalue weighted by molar-refractivity contribution is 8.00. The zero-order valence-corrected chi connectivity index (χ0v) is 12.0. The van der Waals surface area contributed by atoms with E-state index in [4.69, 9.17) is 5.73 Å². The highest BCUT2D eigenvalue weighted by Crippen LogP contribution is 2.40. The standard InChI is InChI=1S/C14H16N4OS/c1-9(12(15)19)20-14-16-13(10-7-8-10)18(17-14)11-5-3-2-4-6-11/h2-6,9-10H,7-8H2,1H3,(H2,15,19)/t9-/m0/s1. The van der Waals surface area contributed by atoms with Crippen molar-refractivity contribution in [2.24, 2.45) is 5.73 Å². The maximum atomic E-state index is 11.2. The number of primary amides is 1. The molecule has 1 aromatic carbocycles. The molecule has 0 radical (unpaired) electrons. The molecule has 1 amide bonds. The van der Waals surface area contributed by atoms with Crippen LogP contribution in [-0.2, 0) is 4.79 Å². The van der Waals surface area contributed by atoms with Crippen molar-refractivity contribution in [3.8, 4) is 5.69 Å². The molecule has 2 aromatic rings. The summed E-state index contributed by atoms with van der Waals surface area (Å²) in [4.78, 5) is 15.7. The molecule has 1 atom stereocenters. The Hall–Kier alpha value is -1.82. The number of hydrogen-bond acceptors (Lipinski definition) is 4. The average molecular weight is 288 g/mol. The lowest BCUT2D eigenvalue weighted by molar-refractivity contribution is -0.117. The van der Waals surface area contributed by atoms with Crippen LogP contribution in [0.5, 0.6) is 0 Å². The highest BCUT2D eigenvalue weighted by Gasteiger charge is 2.30. The molecule has 6 heteroatoms. The Morgan fingerprint density at radius 2 is 2.10 bits per heavy atom. The van der Waals surface area contributed by atoms with Gasteiger partial charge in [0.2, 0.25) is 11.1 Å². The predicted octanol–water partition coefficient (Wildman–Crippen LogP) is 2.11. The Bertz CT molecular complexity index is 621. The quantitative estimate of drug-likeness (QED) is 0.855. The van der Waals surface area contributed by atoms with Crippen molar-refractivity contribution >= 4 is 17.7 Å². The SMILES string of the molecule is C[C@H](Sc1nc(C2CC2)n(-c2ccccc2)n1)C(N)=O. The Balaban J connectivity index is 1.93. The molecule has 1 aliphatic rings. The summed E-state index contributed by atoms with van der Waals surface area (Å²) in [5, 5.41) is 4.81. The van der Waals surface area contributed by atoms with Gasteiger partial charge in [0, 0.05) is 5.92 Å². The molecule has 104 valence electrons. The lowest BCUT2D eigenvalue weighted by Crippen LogP contribution is -2.22. The van der Waals surface area contributed by atoms with Crippen molar-refractivity contribution < 1.29 is 4.79 Å². The molecule has 1 heterocycles. The first-order valence-electron chi connectivity index (χ1n) is 6.63. The average Bonchev–Trinajstić information content (AvgIpc) is 3.21. The number of benzene rings is 1. The van der Waals surface area contributed by atoms with Crippen molar-refractivity contribution in [2.75, 3.05) is 0 Å². The van der Waals surface area contributed by atoms with Crippen molar-refractivity contribution in [1.29, 1.82) is 0 Å². The van der Waals surface area contributed by atoms with Gasteiger partial charge in [-0.1, -0.05) is 30.0 Å². The first kappa shape index (κ1) is 13.2. The number of rotatable bonds is 5. The van der Waals surface area contributed by atoms with E-state index in [2.05, 4.69) is 10.1 Å². The van der Waals surface area contributed by atoms with Crippen LogP contribution < -0.4 is 5.73 Å². The zero-order chi connectivity index (χ0) is 14.1. The maximum absolute atomic E-state index is 11.2.